The molecule has 33 heavy (non-hydrogen) atoms. The monoisotopic (exact) mass is 497 g/mol. The molecule has 0 bridgehead atoms. The standard InChI is InChI=1S/C23H23ClF3N3O2S/c24-18-3-1-2-17(23(25,26)27)20(18)28-21(32)30-12-9-22(15-30)7-10-29(11-8-22)19(31)5-4-16-6-13-33-14-16/h1-6,13-14H,7-12,15H2,(H,28,32). The number of carbonyl (C=O) groups excluding carboxylic acids is 2. The molecule has 0 unspecified atom stereocenters. The Kier molecular flexibility index (Phi) is 6.72. The summed E-state index contributed by atoms with van der Waals surface area (Å²) in [5.74, 6) is -0.0398. The highest BCUT2D eigenvalue weighted by Gasteiger charge is 2.43. The molecule has 2 saturated heterocycles. The van der Waals surface area contributed by atoms with Crippen LogP contribution in [0.3, 0.4) is 0 Å². The number of rotatable bonds is 3. The number of nitrogens with zero attached hydrogens (tertiary/aromatic N) is 2. The first-order valence-corrected chi connectivity index (χ1v) is 11.9. The molecule has 2 aliphatic rings. The molecular weight excluding hydrogens is 475 g/mol. The van der Waals surface area contributed by atoms with Gasteiger partial charge in [-0.1, -0.05) is 17.7 Å². The summed E-state index contributed by atoms with van der Waals surface area (Å²) in [6, 6.07) is 4.76. The molecule has 2 fully saturated rings. The SMILES string of the molecule is O=C(C=Cc1ccsc1)N1CCC2(CC1)CCN(C(=O)Nc1c(Cl)cccc1C(F)(F)F)C2. The second kappa shape index (κ2) is 9.38. The van der Waals surface area contributed by atoms with Gasteiger partial charge in [-0.05, 0) is 65.3 Å². The van der Waals surface area contributed by atoms with Crippen LogP contribution in [0.2, 0.25) is 5.02 Å². The number of piperidine rings is 1. The summed E-state index contributed by atoms with van der Waals surface area (Å²) in [4.78, 5) is 28.6. The third-order valence-electron chi connectivity index (χ3n) is 6.37. The van der Waals surface area contributed by atoms with Crippen LogP contribution in [0.1, 0.15) is 30.4 Å². The number of thiophene rings is 1. The quantitative estimate of drug-likeness (QED) is 0.530. The number of amides is 3. The molecular formula is C23H23ClF3N3O2S. The number of hydrogen-bond donors (Lipinski definition) is 1. The summed E-state index contributed by atoms with van der Waals surface area (Å²) in [6.45, 7) is 2.07. The number of nitrogens with one attached hydrogen (secondary N) is 1. The van der Waals surface area contributed by atoms with E-state index in [1.54, 1.807) is 28.4 Å². The van der Waals surface area contributed by atoms with E-state index in [0.29, 0.717) is 26.2 Å². The fourth-order valence-corrected chi connectivity index (χ4v) is 5.28. The van der Waals surface area contributed by atoms with E-state index < -0.39 is 23.5 Å². The average Bonchev–Trinajstić information content (AvgIpc) is 3.44. The Balaban J connectivity index is 1.35. The van der Waals surface area contributed by atoms with Gasteiger partial charge in [0.25, 0.3) is 0 Å². The van der Waals surface area contributed by atoms with E-state index in [2.05, 4.69) is 5.32 Å². The molecule has 4 rings (SSSR count). The second-order valence-electron chi connectivity index (χ2n) is 8.48. The lowest BCUT2D eigenvalue weighted by molar-refractivity contribution is -0.137. The van der Waals surface area contributed by atoms with E-state index in [-0.39, 0.29) is 16.3 Å². The summed E-state index contributed by atoms with van der Waals surface area (Å²) in [7, 11) is 0. The fourth-order valence-electron chi connectivity index (χ4n) is 4.43. The van der Waals surface area contributed by atoms with Crippen molar-refractivity contribution in [1.29, 1.82) is 0 Å². The number of alkyl halides is 3. The maximum Gasteiger partial charge on any atom is 0.418 e. The fraction of sp³-hybridized carbons (Fsp3) is 0.391. The van der Waals surface area contributed by atoms with Crippen molar-refractivity contribution in [3.63, 3.8) is 0 Å². The number of urea groups is 1. The van der Waals surface area contributed by atoms with Crippen molar-refractivity contribution in [2.24, 2.45) is 5.41 Å². The molecule has 1 aromatic carbocycles. The van der Waals surface area contributed by atoms with E-state index in [9.17, 15) is 22.8 Å². The predicted molar refractivity (Wildman–Crippen MR) is 123 cm³/mol. The first-order valence-electron chi connectivity index (χ1n) is 10.6. The van der Waals surface area contributed by atoms with E-state index in [4.69, 9.17) is 11.6 Å². The van der Waals surface area contributed by atoms with Gasteiger partial charge >= 0.3 is 12.2 Å². The number of likely N-dealkylation sites (tertiary alicyclic amines) is 2. The zero-order valence-corrected chi connectivity index (χ0v) is 19.3. The first kappa shape index (κ1) is 23.6. The van der Waals surface area contributed by atoms with E-state index in [1.165, 1.54) is 17.0 Å². The Morgan fingerprint density at radius 1 is 1.09 bits per heavy atom. The smallest absolute Gasteiger partial charge is 0.339 e. The minimum absolute atomic E-state index is 0.0398. The van der Waals surface area contributed by atoms with Gasteiger partial charge in [0.05, 0.1) is 16.3 Å². The van der Waals surface area contributed by atoms with E-state index >= 15 is 0 Å². The van der Waals surface area contributed by atoms with Gasteiger partial charge in [-0.15, -0.1) is 0 Å². The third-order valence-corrected chi connectivity index (χ3v) is 7.39. The van der Waals surface area contributed by atoms with Crippen LogP contribution in [0.25, 0.3) is 6.08 Å². The maximum absolute atomic E-state index is 13.3. The van der Waals surface area contributed by atoms with Crippen LogP contribution in [0.4, 0.5) is 23.7 Å². The molecule has 3 heterocycles. The summed E-state index contributed by atoms with van der Waals surface area (Å²) in [6.07, 6.45) is 0.993. The van der Waals surface area contributed by atoms with Gasteiger partial charge < -0.3 is 15.1 Å². The number of anilines is 1. The predicted octanol–water partition coefficient (Wildman–Crippen LogP) is 5.98. The molecule has 1 spiro atoms. The van der Waals surface area contributed by atoms with Gasteiger partial charge in [0.15, 0.2) is 0 Å². The highest BCUT2D eigenvalue weighted by molar-refractivity contribution is 7.08. The summed E-state index contributed by atoms with van der Waals surface area (Å²) in [5, 5.41) is 6.13. The molecule has 0 radical (unpaired) electrons. The third kappa shape index (κ3) is 5.35. The van der Waals surface area contributed by atoms with Gasteiger partial charge in [0, 0.05) is 32.3 Å². The van der Waals surface area contributed by atoms with Crippen molar-refractivity contribution in [3.05, 3.63) is 57.3 Å². The van der Waals surface area contributed by atoms with Crippen LogP contribution in [-0.4, -0.2) is 47.9 Å². The number of hydrogen-bond acceptors (Lipinski definition) is 3. The Bertz CT molecular complexity index is 1050. The molecule has 0 atom stereocenters. The molecule has 2 aromatic rings. The normalized spacial score (nSPS) is 18.3. The van der Waals surface area contributed by atoms with Crippen LogP contribution in [-0.2, 0) is 11.0 Å². The van der Waals surface area contributed by atoms with Crippen LogP contribution in [0, 0.1) is 5.41 Å². The molecule has 2 aliphatic heterocycles. The maximum atomic E-state index is 13.3. The van der Waals surface area contributed by atoms with Crippen LogP contribution in [0.15, 0.2) is 41.1 Å². The number of para-hydroxylation sites is 1. The topological polar surface area (TPSA) is 52.7 Å². The minimum atomic E-state index is -4.63. The van der Waals surface area contributed by atoms with Crippen LogP contribution >= 0.6 is 22.9 Å². The zero-order chi connectivity index (χ0) is 23.6. The lowest BCUT2D eigenvalue weighted by Gasteiger charge is -2.38. The zero-order valence-electron chi connectivity index (χ0n) is 17.7. The summed E-state index contributed by atoms with van der Waals surface area (Å²) >= 11 is 7.53. The van der Waals surface area contributed by atoms with Crippen LogP contribution in [0.5, 0.6) is 0 Å². The summed E-state index contributed by atoms with van der Waals surface area (Å²) < 4.78 is 40.0. The number of carbonyl (C=O) groups is 2. The number of benzene rings is 1. The van der Waals surface area contributed by atoms with Crippen molar-refractivity contribution < 1.29 is 22.8 Å². The minimum Gasteiger partial charge on any atom is -0.339 e. The summed E-state index contributed by atoms with van der Waals surface area (Å²) in [5.41, 5.74) is -0.528. The van der Waals surface area contributed by atoms with Crippen LogP contribution < -0.4 is 5.32 Å². The lowest BCUT2D eigenvalue weighted by atomic mass is 9.78. The second-order valence-corrected chi connectivity index (χ2v) is 9.66. The van der Waals surface area contributed by atoms with Crippen molar-refractivity contribution in [1.82, 2.24) is 9.80 Å². The van der Waals surface area contributed by atoms with E-state index in [0.717, 1.165) is 30.9 Å². The molecule has 0 saturated carbocycles. The first-order chi connectivity index (χ1) is 15.7. The Morgan fingerprint density at radius 3 is 2.42 bits per heavy atom. The molecule has 1 N–H and O–H groups in total. The van der Waals surface area contributed by atoms with Gasteiger partial charge in [-0.3, -0.25) is 4.79 Å². The average molecular weight is 498 g/mol. The molecule has 1 aromatic heterocycles. The van der Waals surface area contributed by atoms with Crippen molar-refractivity contribution >= 4 is 46.6 Å². The molecule has 0 aliphatic carbocycles. The lowest BCUT2D eigenvalue weighted by Crippen LogP contribution is -2.44. The van der Waals surface area contributed by atoms with Gasteiger partial charge in [0.2, 0.25) is 5.91 Å². The van der Waals surface area contributed by atoms with Crippen molar-refractivity contribution in [2.45, 2.75) is 25.4 Å². The Hall–Kier alpha value is -2.52. The highest BCUT2D eigenvalue weighted by Crippen LogP contribution is 2.42. The largest absolute Gasteiger partial charge is 0.418 e. The molecule has 176 valence electrons. The molecule has 3 amide bonds. The Labute approximate surface area is 198 Å². The van der Waals surface area contributed by atoms with Gasteiger partial charge in [0.1, 0.15) is 0 Å². The highest BCUT2D eigenvalue weighted by atomic mass is 35.5. The van der Waals surface area contributed by atoms with Crippen molar-refractivity contribution in [2.75, 3.05) is 31.5 Å². The molecule has 10 heteroatoms. The number of halogens is 4. The van der Waals surface area contributed by atoms with Crippen molar-refractivity contribution in [3.8, 4) is 0 Å². The Morgan fingerprint density at radius 2 is 1.79 bits per heavy atom. The molecule has 5 nitrogen and oxygen atoms in total. The van der Waals surface area contributed by atoms with E-state index in [1.807, 2.05) is 16.8 Å². The van der Waals surface area contributed by atoms with Gasteiger partial charge in [-0.25, -0.2) is 4.79 Å². The van der Waals surface area contributed by atoms with Gasteiger partial charge in [-0.2, -0.15) is 24.5 Å².